The molecule has 0 bridgehead atoms. The number of piperazine rings is 1. The second kappa shape index (κ2) is 7.90. The van der Waals surface area contributed by atoms with Crippen LogP contribution in [0.4, 0.5) is 0 Å². The van der Waals surface area contributed by atoms with E-state index in [1.165, 1.54) is 11.3 Å². The van der Waals surface area contributed by atoms with Crippen molar-refractivity contribution in [3.05, 3.63) is 22.4 Å². The summed E-state index contributed by atoms with van der Waals surface area (Å²) in [6.07, 6.45) is 0.285. The standard InChI is InChI=1S/C14H20N4O3S/c15-12(19)10-17-5-7-18(8-6-17)13(20)3-4-16-14(21)11-2-1-9-22-11/h1-2,9H,3-8,10H2,(H2,15,19)(H,16,21). The van der Waals surface area contributed by atoms with Crippen LogP contribution in [0.3, 0.4) is 0 Å². The molecule has 0 unspecified atom stereocenters. The Kier molecular flexibility index (Phi) is 5.91. The Morgan fingerprint density at radius 2 is 1.95 bits per heavy atom. The van der Waals surface area contributed by atoms with E-state index in [-0.39, 0.29) is 30.7 Å². The van der Waals surface area contributed by atoms with Crippen LogP contribution in [-0.2, 0) is 9.59 Å². The Hall–Kier alpha value is -1.93. The van der Waals surface area contributed by atoms with Gasteiger partial charge in [0.2, 0.25) is 11.8 Å². The Morgan fingerprint density at radius 3 is 2.55 bits per heavy atom. The fraction of sp³-hybridized carbons (Fsp3) is 0.500. The van der Waals surface area contributed by atoms with E-state index in [2.05, 4.69) is 5.32 Å². The third kappa shape index (κ3) is 4.81. The van der Waals surface area contributed by atoms with Crippen molar-refractivity contribution in [2.45, 2.75) is 6.42 Å². The summed E-state index contributed by atoms with van der Waals surface area (Å²) in [6.45, 7) is 3.04. The molecule has 0 spiro atoms. The molecule has 22 heavy (non-hydrogen) atoms. The van der Waals surface area contributed by atoms with Crippen LogP contribution in [0.2, 0.25) is 0 Å². The molecule has 2 heterocycles. The third-order valence-corrected chi connectivity index (χ3v) is 4.34. The largest absolute Gasteiger partial charge is 0.369 e. The summed E-state index contributed by atoms with van der Waals surface area (Å²) in [4.78, 5) is 39.0. The number of amides is 3. The maximum Gasteiger partial charge on any atom is 0.261 e. The van der Waals surface area contributed by atoms with Crippen LogP contribution in [-0.4, -0.2) is 66.8 Å². The van der Waals surface area contributed by atoms with Crippen LogP contribution in [0.25, 0.3) is 0 Å². The number of nitrogens with zero attached hydrogens (tertiary/aromatic N) is 2. The number of hydrogen-bond donors (Lipinski definition) is 2. The van der Waals surface area contributed by atoms with Crippen LogP contribution in [0.1, 0.15) is 16.1 Å². The fourth-order valence-corrected chi connectivity index (χ4v) is 2.95. The SMILES string of the molecule is NC(=O)CN1CCN(C(=O)CCNC(=O)c2cccs2)CC1. The average Bonchev–Trinajstić information content (AvgIpc) is 3.01. The van der Waals surface area contributed by atoms with Crippen molar-refractivity contribution in [3.63, 3.8) is 0 Å². The molecule has 1 saturated heterocycles. The first-order valence-electron chi connectivity index (χ1n) is 7.16. The van der Waals surface area contributed by atoms with Gasteiger partial charge in [0, 0.05) is 39.1 Å². The van der Waals surface area contributed by atoms with E-state index in [9.17, 15) is 14.4 Å². The van der Waals surface area contributed by atoms with Gasteiger partial charge >= 0.3 is 0 Å². The number of nitrogens with two attached hydrogens (primary N) is 1. The third-order valence-electron chi connectivity index (χ3n) is 3.47. The van der Waals surface area contributed by atoms with Crippen molar-refractivity contribution in [1.82, 2.24) is 15.1 Å². The molecule has 0 saturated carbocycles. The molecular formula is C14H20N4O3S. The predicted molar refractivity (Wildman–Crippen MR) is 83.5 cm³/mol. The summed E-state index contributed by atoms with van der Waals surface area (Å²) in [5.41, 5.74) is 5.15. The summed E-state index contributed by atoms with van der Waals surface area (Å²) in [6, 6.07) is 3.57. The minimum Gasteiger partial charge on any atom is -0.369 e. The maximum atomic E-state index is 12.1. The Bertz CT molecular complexity index is 524. The summed E-state index contributed by atoms with van der Waals surface area (Å²) in [5.74, 6) is -0.477. The minimum atomic E-state index is -0.351. The van der Waals surface area contributed by atoms with Crippen molar-refractivity contribution >= 4 is 29.1 Å². The van der Waals surface area contributed by atoms with Crippen LogP contribution in [0, 0.1) is 0 Å². The quantitative estimate of drug-likeness (QED) is 0.737. The lowest BCUT2D eigenvalue weighted by molar-refractivity contribution is -0.133. The van der Waals surface area contributed by atoms with E-state index in [0.29, 0.717) is 37.6 Å². The van der Waals surface area contributed by atoms with Gasteiger partial charge in [-0.25, -0.2) is 0 Å². The number of carbonyl (C=O) groups excluding carboxylic acids is 3. The number of carbonyl (C=O) groups is 3. The summed E-state index contributed by atoms with van der Waals surface area (Å²) in [5, 5.41) is 4.58. The zero-order chi connectivity index (χ0) is 15.9. The Morgan fingerprint density at radius 1 is 1.23 bits per heavy atom. The summed E-state index contributed by atoms with van der Waals surface area (Å²) in [7, 11) is 0. The summed E-state index contributed by atoms with van der Waals surface area (Å²) >= 11 is 1.37. The molecule has 8 heteroatoms. The van der Waals surface area contributed by atoms with E-state index in [1.807, 2.05) is 16.3 Å². The van der Waals surface area contributed by atoms with Gasteiger partial charge in [0.15, 0.2) is 0 Å². The predicted octanol–water partition coefficient (Wildman–Crippen LogP) is -0.502. The molecular weight excluding hydrogens is 304 g/mol. The molecule has 0 aliphatic carbocycles. The fourth-order valence-electron chi connectivity index (χ4n) is 2.31. The van der Waals surface area contributed by atoms with Gasteiger partial charge in [0.1, 0.15) is 0 Å². The first-order valence-corrected chi connectivity index (χ1v) is 8.04. The first-order chi connectivity index (χ1) is 10.6. The van der Waals surface area contributed by atoms with Crippen LogP contribution < -0.4 is 11.1 Å². The van der Waals surface area contributed by atoms with Gasteiger partial charge in [-0.15, -0.1) is 11.3 Å². The zero-order valence-electron chi connectivity index (χ0n) is 12.3. The normalized spacial score (nSPS) is 15.5. The molecule has 3 amide bonds. The lowest BCUT2D eigenvalue weighted by Crippen LogP contribution is -2.51. The van der Waals surface area contributed by atoms with E-state index in [0.717, 1.165) is 0 Å². The molecule has 1 fully saturated rings. The second-order valence-corrected chi connectivity index (χ2v) is 6.05. The minimum absolute atomic E-state index is 0.0187. The molecule has 1 aromatic heterocycles. The van der Waals surface area contributed by atoms with Gasteiger partial charge in [-0.05, 0) is 11.4 Å². The van der Waals surface area contributed by atoms with E-state index in [1.54, 1.807) is 11.0 Å². The first kappa shape index (κ1) is 16.4. The van der Waals surface area contributed by atoms with Gasteiger partial charge in [-0.1, -0.05) is 6.07 Å². The van der Waals surface area contributed by atoms with Crippen molar-refractivity contribution in [3.8, 4) is 0 Å². The molecule has 1 aliphatic rings. The van der Waals surface area contributed by atoms with Crippen molar-refractivity contribution in [2.75, 3.05) is 39.3 Å². The maximum absolute atomic E-state index is 12.1. The van der Waals surface area contributed by atoms with Crippen molar-refractivity contribution < 1.29 is 14.4 Å². The van der Waals surface area contributed by atoms with Gasteiger partial charge in [-0.2, -0.15) is 0 Å². The van der Waals surface area contributed by atoms with Gasteiger partial charge < -0.3 is 16.0 Å². The lowest BCUT2D eigenvalue weighted by Gasteiger charge is -2.34. The molecule has 2 rings (SSSR count). The average molecular weight is 324 g/mol. The Labute approximate surface area is 133 Å². The molecule has 7 nitrogen and oxygen atoms in total. The van der Waals surface area contributed by atoms with Crippen molar-refractivity contribution in [2.24, 2.45) is 5.73 Å². The monoisotopic (exact) mass is 324 g/mol. The van der Waals surface area contributed by atoms with Crippen molar-refractivity contribution in [1.29, 1.82) is 0 Å². The zero-order valence-corrected chi connectivity index (χ0v) is 13.1. The molecule has 1 aliphatic heterocycles. The van der Waals surface area contributed by atoms with Crippen LogP contribution >= 0.6 is 11.3 Å². The highest BCUT2D eigenvalue weighted by Crippen LogP contribution is 2.08. The number of primary amides is 1. The number of hydrogen-bond acceptors (Lipinski definition) is 5. The second-order valence-electron chi connectivity index (χ2n) is 5.11. The van der Waals surface area contributed by atoms with Crippen LogP contribution in [0.5, 0.6) is 0 Å². The van der Waals surface area contributed by atoms with Gasteiger partial charge in [-0.3, -0.25) is 19.3 Å². The molecule has 0 aromatic carbocycles. The van der Waals surface area contributed by atoms with E-state index in [4.69, 9.17) is 5.73 Å². The highest BCUT2D eigenvalue weighted by molar-refractivity contribution is 7.12. The topological polar surface area (TPSA) is 95.7 Å². The molecule has 0 radical (unpaired) electrons. The molecule has 120 valence electrons. The molecule has 3 N–H and O–H groups in total. The highest BCUT2D eigenvalue weighted by Gasteiger charge is 2.21. The highest BCUT2D eigenvalue weighted by atomic mass is 32.1. The Balaban J connectivity index is 1.66. The number of rotatable bonds is 6. The molecule has 1 aromatic rings. The smallest absolute Gasteiger partial charge is 0.261 e. The summed E-state index contributed by atoms with van der Waals surface area (Å²) < 4.78 is 0. The number of thiophene rings is 1. The number of nitrogens with one attached hydrogen (secondary N) is 1. The van der Waals surface area contributed by atoms with Gasteiger partial charge in [0.25, 0.3) is 5.91 Å². The molecule has 0 atom stereocenters. The van der Waals surface area contributed by atoms with Gasteiger partial charge in [0.05, 0.1) is 11.4 Å². The van der Waals surface area contributed by atoms with E-state index < -0.39 is 0 Å². The lowest BCUT2D eigenvalue weighted by atomic mass is 10.2. The van der Waals surface area contributed by atoms with E-state index >= 15 is 0 Å². The van der Waals surface area contributed by atoms with Crippen LogP contribution in [0.15, 0.2) is 17.5 Å².